The van der Waals surface area contributed by atoms with Crippen LogP contribution in [0.4, 0.5) is 5.69 Å². The highest BCUT2D eigenvalue weighted by Crippen LogP contribution is 2.36. The molecule has 0 aliphatic carbocycles. The summed E-state index contributed by atoms with van der Waals surface area (Å²) in [7, 11) is 1.63. The van der Waals surface area contributed by atoms with Crippen LogP contribution in [0.2, 0.25) is 5.02 Å². The molecule has 2 heterocycles. The van der Waals surface area contributed by atoms with Gasteiger partial charge in [0.05, 0.1) is 7.11 Å². The van der Waals surface area contributed by atoms with Crippen LogP contribution in [0, 0.1) is 5.92 Å². The van der Waals surface area contributed by atoms with Gasteiger partial charge in [-0.1, -0.05) is 42.8 Å². The van der Waals surface area contributed by atoms with E-state index in [1.165, 1.54) is 12.8 Å². The van der Waals surface area contributed by atoms with Gasteiger partial charge in [-0.15, -0.1) is 0 Å². The molecule has 0 radical (unpaired) electrons. The number of hydrogen-bond donors (Lipinski definition) is 0. The first-order valence-electron chi connectivity index (χ1n) is 10.9. The zero-order chi connectivity index (χ0) is 21.8. The van der Waals surface area contributed by atoms with Crippen LogP contribution in [-0.2, 0) is 4.79 Å². The van der Waals surface area contributed by atoms with E-state index in [4.69, 9.17) is 21.1 Å². The molecule has 4 rings (SSSR count). The molecule has 0 bridgehead atoms. The van der Waals surface area contributed by atoms with Crippen molar-refractivity contribution in [1.29, 1.82) is 0 Å². The number of methoxy groups -OCH3 is 1. The van der Waals surface area contributed by atoms with Crippen molar-refractivity contribution in [3.05, 3.63) is 59.1 Å². The maximum atomic E-state index is 13.1. The number of piperidine rings is 1. The van der Waals surface area contributed by atoms with Crippen LogP contribution < -0.4 is 14.4 Å². The quantitative estimate of drug-likeness (QED) is 0.614. The molecule has 1 amide bonds. The summed E-state index contributed by atoms with van der Waals surface area (Å²) in [6.07, 6.45) is 4.42. The normalized spacial score (nSPS) is 17.7. The second-order valence-electron chi connectivity index (χ2n) is 8.22. The fraction of sp³-hybridized carbons (Fsp3) is 0.400. The molecular weight excluding hydrogens is 412 g/mol. The van der Waals surface area contributed by atoms with Gasteiger partial charge in [-0.25, -0.2) is 0 Å². The van der Waals surface area contributed by atoms with E-state index < -0.39 is 0 Å². The van der Waals surface area contributed by atoms with Gasteiger partial charge >= 0.3 is 0 Å². The third-order valence-electron chi connectivity index (χ3n) is 6.12. The molecule has 0 atom stereocenters. The minimum Gasteiger partial charge on any atom is -0.493 e. The molecule has 0 spiro atoms. The lowest BCUT2D eigenvalue weighted by Gasteiger charge is -2.30. The number of amides is 1. The van der Waals surface area contributed by atoms with Crippen molar-refractivity contribution in [3.63, 3.8) is 0 Å². The Morgan fingerprint density at radius 3 is 2.61 bits per heavy atom. The van der Waals surface area contributed by atoms with E-state index in [9.17, 15) is 4.79 Å². The van der Waals surface area contributed by atoms with Crippen molar-refractivity contribution in [2.75, 3.05) is 44.8 Å². The fourth-order valence-electron chi connectivity index (χ4n) is 4.14. The van der Waals surface area contributed by atoms with Crippen molar-refractivity contribution in [2.45, 2.75) is 19.8 Å². The SMILES string of the molecule is COc1ccc(N2CC=C(c3ccccc3Cl)C2=O)cc1OCCN1CCC(C)CC1. The maximum absolute atomic E-state index is 13.1. The van der Waals surface area contributed by atoms with Crippen molar-refractivity contribution < 1.29 is 14.3 Å². The van der Waals surface area contributed by atoms with Gasteiger partial charge in [0.15, 0.2) is 11.5 Å². The summed E-state index contributed by atoms with van der Waals surface area (Å²) in [4.78, 5) is 17.3. The summed E-state index contributed by atoms with van der Waals surface area (Å²) in [5.74, 6) is 2.08. The van der Waals surface area contributed by atoms with Crippen LogP contribution in [0.15, 0.2) is 48.5 Å². The van der Waals surface area contributed by atoms with Crippen molar-refractivity contribution in [1.82, 2.24) is 4.90 Å². The monoisotopic (exact) mass is 440 g/mol. The molecule has 0 saturated carbocycles. The molecule has 0 unspecified atom stereocenters. The lowest BCUT2D eigenvalue weighted by atomic mass is 9.99. The van der Waals surface area contributed by atoms with E-state index in [0.29, 0.717) is 35.2 Å². The highest BCUT2D eigenvalue weighted by atomic mass is 35.5. The zero-order valence-electron chi connectivity index (χ0n) is 18.1. The van der Waals surface area contributed by atoms with Crippen molar-refractivity contribution in [2.24, 2.45) is 5.92 Å². The predicted molar refractivity (Wildman–Crippen MR) is 125 cm³/mol. The number of benzene rings is 2. The highest BCUT2D eigenvalue weighted by molar-refractivity contribution is 6.37. The number of rotatable bonds is 7. The average molecular weight is 441 g/mol. The first-order valence-corrected chi connectivity index (χ1v) is 11.2. The summed E-state index contributed by atoms with van der Waals surface area (Å²) < 4.78 is 11.6. The number of likely N-dealkylation sites (tertiary alicyclic amines) is 1. The Hall–Kier alpha value is -2.50. The second kappa shape index (κ2) is 9.75. The van der Waals surface area contributed by atoms with Crippen LogP contribution in [0.25, 0.3) is 5.57 Å². The number of carbonyl (C=O) groups excluding carboxylic acids is 1. The Bertz CT molecular complexity index is 967. The van der Waals surface area contributed by atoms with Crippen LogP contribution in [0.5, 0.6) is 11.5 Å². The number of anilines is 1. The Balaban J connectivity index is 1.44. The number of carbonyl (C=O) groups is 1. The van der Waals surface area contributed by atoms with Crippen LogP contribution in [-0.4, -0.2) is 50.7 Å². The Kier molecular flexibility index (Phi) is 6.83. The standard InChI is InChI=1S/C25H29ClN2O3/c1-18-9-12-27(13-10-18)15-16-31-24-17-19(7-8-23(24)30-2)28-14-11-21(25(28)29)20-5-3-4-6-22(20)26/h3-8,11,17-18H,9-10,12-16H2,1-2H3. The molecule has 2 aliphatic heterocycles. The number of halogens is 1. The lowest BCUT2D eigenvalue weighted by Crippen LogP contribution is -2.35. The molecule has 5 nitrogen and oxygen atoms in total. The predicted octanol–water partition coefficient (Wildman–Crippen LogP) is 4.89. The summed E-state index contributed by atoms with van der Waals surface area (Å²) in [5.41, 5.74) is 2.17. The molecular formula is C25H29ClN2O3. The van der Waals surface area contributed by atoms with E-state index in [2.05, 4.69) is 11.8 Å². The molecule has 1 fully saturated rings. The Morgan fingerprint density at radius 2 is 1.87 bits per heavy atom. The van der Waals surface area contributed by atoms with E-state index in [-0.39, 0.29) is 5.91 Å². The lowest BCUT2D eigenvalue weighted by molar-refractivity contribution is -0.112. The van der Waals surface area contributed by atoms with Gasteiger partial charge in [0.25, 0.3) is 5.91 Å². The second-order valence-corrected chi connectivity index (χ2v) is 8.63. The summed E-state index contributed by atoms with van der Waals surface area (Å²) >= 11 is 6.31. The molecule has 31 heavy (non-hydrogen) atoms. The van der Waals surface area contributed by atoms with Crippen molar-refractivity contribution in [3.8, 4) is 11.5 Å². The molecule has 2 aromatic rings. The zero-order valence-corrected chi connectivity index (χ0v) is 18.9. The van der Waals surface area contributed by atoms with Gasteiger partial charge in [-0.05, 0) is 50.0 Å². The summed E-state index contributed by atoms with van der Waals surface area (Å²) in [6.45, 7) is 6.54. The highest BCUT2D eigenvalue weighted by Gasteiger charge is 2.28. The van der Waals surface area contributed by atoms with Crippen molar-refractivity contribution >= 4 is 28.8 Å². The van der Waals surface area contributed by atoms with E-state index in [1.807, 2.05) is 42.5 Å². The number of ether oxygens (including phenoxy) is 2. The van der Waals surface area contributed by atoms with Gasteiger partial charge in [0.1, 0.15) is 6.61 Å². The third-order valence-corrected chi connectivity index (χ3v) is 6.45. The fourth-order valence-corrected chi connectivity index (χ4v) is 4.38. The minimum atomic E-state index is -0.0633. The Labute approximate surface area is 189 Å². The van der Waals surface area contributed by atoms with Crippen LogP contribution >= 0.6 is 11.6 Å². The smallest absolute Gasteiger partial charge is 0.258 e. The van der Waals surface area contributed by atoms with E-state index in [1.54, 1.807) is 18.1 Å². The first kappa shape index (κ1) is 21.7. The van der Waals surface area contributed by atoms with Gasteiger partial charge in [0.2, 0.25) is 0 Å². The minimum absolute atomic E-state index is 0.0633. The summed E-state index contributed by atoms with van der Waals surface area (Å²) in [5, 5.41) is 0.579. The molecule has 0 aromatic heterocycles. The van der Waals surface area contributed by atoms with Gasteiger partial charge in [-0.2, -0.15) is 0 Å². The Morgan fingerprint density at radius 1 is 1.10 bits per heavy atom. The van der Waals surface area contributed by atoms with E-state index >= 15 is 0 Å². The molecule has 2 aromatic carbocycles. The summed E-state index contributed by atoms with van der Waals surface area (Å²) in [6, 6.07) is 13.1. The van der Waals surface area contributed by atoms with Crippen LogP contribution in [0.1, 0.15) is 25.3 Å². The molecule has 6 heteroatoms. The van der Waals surface area contributed by atoms with Gasteiger partial charge in [-0.3, -0.25) is 9.69 Å². The number of nitrogens with zero attached hydrogens (tertiary/aromatic N) is 2. The topological polar surface area (TPSA) is 42.0 Å². The van der Waals surface area contributed by atoms with Crippen LogP contribution in [0.3, 0.4) is 0 Å². The first-order chi connectivity index (χ1) is 15.1. The van der Waals surface area contributed by atoms with Gasteiger partial charge in [0, 0.05) is 41.0 Å². The number of hydrogen-bond acceptors (Lipinski definition) is 4. The van der Waals surface area contributed by atoms with Gasteiger partial charge < -0.3 is 14.4 Å². The molecule has 164 valence electrons. The molecule has 1 saturated heterocycles. The molecule has 0 N–H and O–H groups in total. The third kappa shape index (κ3) is 4.89. The largest absolute Gasteiger partial charge is 0.493 e. The van der Waals surface area contributed by atoms with E-state index in [0.717, 1.165) is 36.8 Å². The molecule has 2 aliphatic rings. The average Bonchev–Trinajstić information content (AvgIpc) is 3.16. The maximum Gasteiger partial charge on any atom is 0.258 e.